The van der Waals surface area contributed by atoms with Crippen LogP contribution < -0.4 is 5.32 Å². The maximum absolute atomic E-state index is 14.6. The van der Waals surface area contributed by atoms with Crippen molar-refractivity contribution < 1.29 is 56.5 Å². The molecule has 2 rings (SSSR count). The number of benzene rings is 1. The fourth-order valence-electron chi connectivity index (χ4n) is 4.68. The molecule has 6 atom stereocenters. The van der Waals surface area contributed by atoms with Crippen LogP contribution in [0.1, 0.15) is 114 Å². The molecule has 1 aromatic rings. The first-order valence-electron chi connectivity index (χ1n) is 17.8. The average molecular weight is 756 g/mol. The molecule has 296 valence electrons. The van der Waals surface area contributed by atoms with E-state index in [1.165, 1.54) is 0 Å². The maximum atomic E-state index is 14.6. The number of carbonyl (C=O) groups is 4. The molecule has 0 aromatic heterocycles. The molecular weight excluding hydrogens is 693 g/mol. The standard InChI is InChI=1S/C38H62NO12P/c1-16-46-52(44,47-17-2)30(24-20-18-23(3)19-21-24)39-29-28(51-34(43)38(13,14)15)27(50-33(42)37(10,11)12)26(49-32(41)36(7,8)9)25(48-29)22-45-31(40)35(4,5)6/h18-21,25-30,39H,16-17,22H2,1-15H3/t25-,26+,27+,28-,29-,30+/m1/s1. The lowest BCUT2D eigenvalue weighted by Gasteiger charge is -2.47. The van der Waals surface area contributed by atoms with Gasteiger partial charge in [-0.05, 0) is 109 Å². The molecule has 0 radical (unpaired) electrons. The van der Waals surface area contributed by atoms with Crippen LogP contribution in [0.2, 0.25) is 0 Å². The van der Waals surface area contributed by atoms with Gasteiger partial charge in [0.1, 0.15) is 18.5 Å². The van der Waals surface area contributed by atoms with E-state index in [4.69, 9.17) is 32.7 Å². The molecule has 14 heteroatoms. The summed E-state index contributed by atoms with van der Waals surface area (Å²) in [4.78, 5) is 53.9. The molecule has 0 amide bonds. The van der Waals surface area contributed by atoms with Gasteiger partial charge in [0.15, 0.2) is 24.5 Å². The summed E-state index contributed by atoms with van der Waals surface area (Å²) in [6.07, 6.45) is -7.09. The number of carbonyl (C=O) groups excluding carboxylic acids is 4. The van der Waals surface area contributed by atoms with Gasteiger partial charge in [0.05, 0.1) is 34.9 Å². The van der Waals surface area contributed by atoms with Crippen LogP contribution >= 0.6 is 7.60 Å². The van der Waals surface area contributed by atoms with Crippen molar-refractivity contribution in [1.82, 2.24) is 5.32 Å². The van der Waals surface area contributed by atoms with Crippen LogP contribution in [-0.4, -0.2) is 74.3 Å². The lowest BCUT2D eigenvalue weighted by Crippen LogP contribution is -2.66. The molecule has 1 aliphatic heterocycles. The van der Waals surface area contributed by atoms with Crippen LogP contribution in [0.4, 0.5) is 0 Å². The highest BCUT2D eigenvalue weighted by Gasteiger charge is 2.56. The largest absolute Gasteiger partial charge is 0.462 e. The van der Waals surface area contributed by atoms with E-state index in [9.17, 15) is 23.7 Å². The van der Waals surface area contributed by atoms with E-state index in [1.54, 1.807) is 109 Å². The summed E-state index contributed by atoms with van der Waals surface area (Å²) in [5.41, 5.74) is -2.56. The van der Waals surface area contributed by atoms with Crippen LogP contribution in [0.3, 0.4) is 0 Å². The maximum Gasteiger partial charge on any atom is 0.352 e. The molecule has 1 fully saturated rings. The van der Waals surface area contributed by atoms with Crippen LogP contribution in [0.15, 0.2) is 24.3 Å². The predicted molar refractivity (Wildman–Crippen MR) is 195 cm³/mol. The van der Waals surface area contributed by atoms with E-state index in [0.29, 0.717) is 5.56 Å². The monoisotopic (exact) mass is 755 g/mol. The zero-order valence-corrected chi connectivity index (χ0v) is 34.6. The molecular formula is C38H62NO12P. The van der Waals surface area contributed by atoms with Gasteiger partial charge < -0.3 is 32.7 Å². The third kappa shape index (κ3) is 12.4. The number of nitrogens with one attached hydrogen (secondary N) is 1. The SMILES string of the molecule is CCOP(=O)(OCC)[C@H](N[C@@H]1O[C@H](COC(=O)C(C)(C)C)[C@H](OC(=O)C(C)(C)C)[C@H](OC(=O)C(C)(C)C)[C@H]1OC(=O)C(C)(C)C)c1ccc(C)cc1. The third-order valence-corrected chi connectivity index (χ3v) is 10.2. The minimum absolute atomic E-state index is 0.0390. The zero-order chi connectivity index (χ0) is 40.0. The van der Waals surface area contributed by atoms with Crippen LogP contribution in [0.5, 0.6) is 0 Å². The zero-order valence-electron chi connectivity index (χ0n) is 33.7. The number of aryl methyl sites for hydroxylation is 1. The van der Waals surface area contributed by atoms with Crippen molar-refractivity contribution in [2.45, 2.75) is 140 Å². The van der Waals surface area contributed by atoms with Crippen molar-refractivity contribution in [1.29, 1.82) is 0 Å². The summed E-state index contributed by atoms with van der Waals surface area (Å²) >= 11 is 0. The lowest BCUT2D eigenvalue weighted by atomic mass is 9.92. The lowest BCUT2D eigenvalue weighted by molar-refractivity contribution is -0.265. The Hall–Kier alpha value is -2.83. The van der Waals surface area contributed by atoms with Gasteiger partial charge in [-0.3, -0.25) is 29.1 Å². The Balaban J connectivity index is 2.93. The van der Waals surface area contributed by atoms with Crippen LogP contribution in [-0.2, 0) is 56.5 Å². The van der Waals surface area contributed by atoms with Gasteiger partial charge in [0, 0.05) is 0 Å². The van der Waals surface area contributed by atoms with E-state index in [0.717, 1.165) is 5.56 Å². The van der Waals surface area contributed by atoms with Gasteiger partial charge in [0.25, 0.3) is 0 Å². The molecule has 0 spiro atoms. The number of esters is 4. The van der Waals surface area contributed by atoms with Crippen LogP contribution in [0, 0.1) is 28.6 Å². The molecule has 13 nitrogen and oxygen atoms in total. The molecule has 1 aromatic carbocycles. The Morgan fingerprint density at radius 1 is 0.673 bits per heavy atom. The topological polar surface area (TPSA) is 162 Å². The number of hydrogen-bond donors (Lipinski definition) is 1. The molecule has 1 saturated heterocycles. The molecule has 0 aliphatic carbocycles. The quantitative estimate of drug-likeness (QED) is 0.124. The number of hydrogen-bond acceptors (Lipinski definition) is 13. The Morgan fingerprint density at radius 2 is 1.08 bits per heavy atom. The first-order valence-corrected chi connectivity index (χ1v) is 19.4. The Morgan fingerprint density at radius 3 is 1.48 bits per heavy atom. The van der Waals surface area contributed by atoms with Gasteiger partial charge in [-0.2, -0.15) is 0 Å². The minimum Gasteiger partial charge on any atom is -0.462 e. The Bertz CT molecular complexity index is 1420. The second-order valence-electron chi connectivity index (χ2n) is 17.2. The fourth-order valence-corrected chi connectivity index (χ4v) is 6.64. The Labute approximate surface area is 310 Å². The normalized spacial score (nSPS) is 22.2. The van der Waals surface area contributed by atoms with E-state index in [1.807, 2.05) is 19.1 Å². The van der Waals surface area contributed by atoms with E-state index in [-0.39, 0.29) is 13.2 Å². The summed E-state index contributed by atoms with van der Waals surface area (Å²) in [5, 5.41) is 3.22. The fraction of sp³-hybridized carbons (Fsp3) is 0.737. The Kier molecular flexibility index (Phi) is 15.3. The molecule has 0 saturated carbocycles. The summed E-state index contributed by atoms with van der Waals surface area (Å²) in [7, 11) is -4.04. The molecule has 1 heterocycles. The van der Waals surface area contributed by atoms with Crippen molar-refractivity contribution in [3.05, 3.63) is 35.4 Å². The van der Waals surface area contributed by atoms with Crippen LogP contribution in [0.25, 0.3) is 0 Å². The molecule has 1 aliphatic rings. The van der Waals surface area contributed by atoms with E-state index < -0.39 is 96.2 Å². The third-order valence-electron chi connectivity index (χ3n) is 7.84. The number of ether oxygens (including phenoxy) is 5. The highest BCUT2D eigenvalue weighted by Crippen LogP contribution is 2.60. The highest BCUT2D eigenvalue weighted by molar-refractivity contribution is 7.54. The first kappa shape index (κ1) is 45.3. The van der Waals surface area contributed by atoms with Crippen molar-refractivity contribution >= 4 is 31.5 Å². The highest BCUT2D eigenvalue weighted by atomic mass is 31.2. The average Bonchev–Trinajstić information content (AvgIpc) is 2.99. The predicted octanol–water partition coefficient (Wildman–Crippen LogP) is 7.04. The summed E-state index contributed by atoms with van der Waals surface area (Å²) in [6, 6.07) is 7.17. The van der Waals surface area contributed by atoms with E-state index in [2.05, 4.69) is 5.32 Å². The second kappa shape index (κ2) is 17.5. The van der Waals surface area contributed by atoms with Gasteiger partial charge in [-0.25, -0.2) is 0 Å². The van der Waals surface area contributed by atoms with Gasteiger partial charge in [-0.15, -0.1) is 0 Å². The van der Waals surface area contributed by atoms with Crippen molar-refractivity contribution in [3.63, 3.8) is 0 Å². The van der Waals surface area contributed by atoms with Gasteiger partial charge in [-0.1, -0.05) is 29.8 Å². The molecule has 0 unspecified atom stereocenters. The van der Waals surface area contributed by atoms with Crippen molar-refractivity contribution in [2.75, 3.05) is 19.8 Å². The first-order chi connectivity index (χ1) is 23.7. The van der Waals surface area contributed by atoms with Crippen molar-refractivity contribution in [2.24, 2.45) is 21.7 Å². The number of rotatable bonds is 13. The summed E-state index contributed by atoms with van der Waals surface area (Å²) in [6.45, 7) is 24.8. The smallest absolute Gasteiger partial charge is 0.352 e. The second-order valence-corrected chi connectivity index (χ2v) is 19.3. The summed E-state index contributed by atoms with van der Waals surface area (Å²) in [5.74, 6) is -3.82. The van der Waals surface area contributed by atoms with E-state index >= 15 is 0 Å². The minimum atomic E-state index is -4.04. The van der Waals surface area contributed by atoms with Gasteiger partial charge in [0.2, 0.25) is 0 Å². The molecule has 1 N–H and O–H groups in total. The summed E-state index contributed by atoms with van der Waals surface area (Å²) < 4.78 is 56.8. The molecule has 52 heavy (non-hydrogen) atoms. The molecule has 0 bridgehead atoms. The van der Waals surface area contributed by atoms with Gasteiger partial charge >= 0.3 is 31.5 Å². The van der Waals surface area contributed by atoms with Crippen molar-refractivity contribution in [3.8, 4) is 0 Å².